The van der Waals surface area contributed by atoms with Crippen LogP contribution >= 0.6 is 22.6 Å². The van der Waals surface area contributed by atoms with Gasteiger partial charge in [-0.2, -0.15) is 0 Å². The minimum absolute atomic E-state index is 0.254. The maximum absolute atomic E-state index is 10.1. The van der Waals surface area contributed by atoms with Gasteiger partial charge >= 0.3 is 0 Å². The lowest BCUT2D eigenvalue weighted by Gasteiger charge is -2.19. The highest BCUT2D eigenvalue weighted by Gasteiger charge is 2.14. The molecule has 0 spiro atoms. The number of hydrogen-bond acceptors (Lipinski definition) is 3. The molecule has 2 aromatic rings. The molecule has 0 heterocycles. The van der Waals surface area contributed by atoms with Crippen molar-refractivity contribution in [1.29, 1.82) is 0 Å². The zero-order valence-electron chi connectivity index (χ0n) is 11.9. The zero-order chi connectivity index (χ0) is 15.1. The Labute approximate surface area is 139 Å². The van der Waals surface area contributed by atoms with Crippen LogP contribution in [0.3, 0.4) is 0 Å². The van der Waals surface area contributed by atoms with E-state index in [4.69, 9.17) is 5.73 Å². The summed E-state index contributed by atoms with van der Waals surface area (Å²) in [5.41, 5.74) is 8.43. The first kappa shape index (κ1) is 16.4. The second-order valence-corrected chi connectivity index (χ2v) is 6.43. The van der Waals surface area contributed by atoms with E-state index in [1.807, 2.05) is 36.4 Å². The van der Waals surface area contributed by atoms with Crippen LogP contribution in [-0.4, -0.2) is 23.8 Å². The Kier molecular flexibility index (Phi) is 6.63. The van der Waals surface area contributed by atoms with Gasteiger partial charge in [0.05, 0.1) is 6.10 Å². The molecule has 4 N–H and O–H groups in total. The Bertz CT molecular complexity index is 547. The van der Waals surface area contributed by atoms with Gasteiger partial charge < -0.3 is 16.2 Å². The van der Waals surface area contributed by atoms with E-state index in [0.717, 1.165) is 12.1 Å². The fourth-order valence-electron chi connectivity index (χ4n) is 2.18. The van der Waals surface area contributed by atoms with Crippen molar-refractivity contribution >= 4 is 22.6 Å². The summed E-state index contributed by atoms with van der Waals surface area (Å²) in [6.07, 6.45) is 0.139. The molecule has 0 aliphatic carbocycles. The number of halogens is 1. The van der Waals surface area contributed by atoms with Gasteiger partial charge in [-0.25, -0.2) is 0 Å². The summed E-state index contributed by atoms with van der Waals surface area (Å²) in [6.45, 7) is 1.24. The van der Waals surface area contributed by atoms with E-state index >= 15 is 0 Å². The van der Waals surface area contributed by atoms with E-state index < -0.39 is 6.10 Å². The lowest BCUT2D eigenvalue weighted by molar-refractivity contribution is 0.141. The Morgan fingerprint density at radius 3 is 2.48 bits per heavy atom. The second-order valence-electron chi connectivity index (χ2n) is 5.18. The predicted octanol–water partition coefficient (Wildman–Crippen LogP) is 2.31. The van der Waals surface area contributed by atoms with Crippen molar-refractivity contribution in [2.75, 3.05) is 6.54 Å². The van der Waals surface area contributed by atoms with Crippen molar-refractivity contribution in [2.24, 2.45) is 5.73 Å². The molecule has 1 unspecified atom stereocenters. The SMILES string of the molecule is NC(Cc1ccccc1)[C@@H](O)CNCc1cccc(I)c1. The van der Waals surface area contributed by atoms with Gasteiger partial charge in [-0.05, 0) is 52.3 Å². The Morgan fingerprint density at radius 2 is 1.76 bits per heavy atom. The first-order chi connectivity index (χ1) is 10.1. The summed E-state index contributed by atoms with van der Waals surface area (Å²) in [6, 6.07) is 18.1. The maximum atomic E-state index is 10.1. The van der Waals surface area contributed by atoms with E-state index in [2.05, 4.69) is 46.1 Å². The molecule has 112 valence electrons. The molecule has 0 saturated carbocycles. The fourth-order valence-corrected chi connectivity index (χ4v) is 2.79. The molecule has 21 heavy (non-hydrogen) atoms. The summed E-state index contributed by atoms with van der Waals surface area (Å²) >= 11 is 2.30. The topological polar surface area (TPSA) is 58.3 Å². The van der Waals surface area contributed by atoms with Gasteiger partial charge in [0, 0.05) is 22.7 Å². The molecule has 0 aliphatic heterocycles. The van der Waals surface area contributed by atoms with Crippen LogP contribution in [0.25, 0.3) is 0 Å². The number of nitrogens with two attached hydrogens (primary N) is 1. The molecule has 2 atom stereocenters. The van der Waals surface area contributed by atoms with Crippen LogP contribution < -0.4 is 11.1 Å². The average Bonchev–Trinajstić information content (AvgIpc) is 2.48. The van der Waals surface area contributed by atoms with Gasteiger partial charge in [-0.15, -0.1) is 0 Å². The predicted molar refractivity (Wildman–Crippen MR) is 95.0 cm³/mol. The fraction of sp³-hybridized carbons (Fsp3) is 0.294. The lowest BCUT2D eigenvalue weighted by Crippen LogP contribution is -2.42. The molecule has 3 nitrogen and oxygen atoms in total. The molecule has 2 aromatic carbocycles. The van der Waals surface area contributed by atoms with E-state index in [9.17, 15) is 5.11 Å². The largest absolute Gasteiger partial charge is 0.390 e. The van der Waals surface area contributed by atoms with Gasteiger partial charge in [-0.1, -0.05) is 42.5 Å². The smallest absolute Gasteiger partial charge is 0.0818 e. The van der Waals surface area contributed by atoms with Crippen LogP contribution in [0.1, 0.15) is 11.1 Å². The standard InChI is InChI=1S/C17H21IN2O/c18-15-8-4-7-14(9-15)11-20-12-17(21)16(19)10-13-5-2-1-3-6-13/h1-9,16-17,20-21H,10-12,19H2/t16?,17-/m0/s1. The molecule has 0 aromatic heterocycles. The molecular formula is C17H21IN2O. The van der Waals surface area contributed by atoms with Crippen molar-refractivity contribution in [1.82, 2.24) is 5.32 Å². The molecule has 4 heteroatoms. The first-order valence-electron chi connectivity index (χ1n) is 7.08. The maximum Gasteiger partial charge on any atom is 0.0818 e. The molecule has 0 saturated heterocycles. The van der Waals surface area contributed by atoms with Crippen molar-refractivity contribution in [3.63, 3.8) is 0 Å². The monoisotopic (exact) mass is 396 g/mol. The zero-order valence-corrected chi connectivity index (χ0v) is 14.0. The Balaban J connectivity index is 1.75. The van der Waals surface area contributed by atoms with E-state index in [1.54, 1.807) is 0 Å². The normalized spacial score (nSPS) is 13.9. The molecule has 0 radical (unpaired) electrons. The van der Waals surface area contributed by atoms with Crippen molar-refractivity contribution in [3.05, 3.63) is 69.3 Å². The highest BCUT2D eigenvalue weighted by atomic mass is 127. The van der Waals surface area contributed by atoms with Gasteiger partial charge in [0.2, 0.25) is 0 Å². The average molecular weight is 396 g/mol. The second kappa shape index (κ2) is 8.48. The highest BCUT2D eigenvalue weighted by molar-refractivity contribution is 14.1. The summed E-state index contributed by atoms with van der Waals surface area (Å²) in [5.74, 6) is 0. The first-order valence-corrected chi connectivity index (χ1v) is 8.16. The van der Waals surface area contributed by atoms with E-state index in [0.29, 0.717) is 13.0 Å². The Morgan fingerprint density at radius 1 is 1.05 bits per heavy atom. The molecule has 0 fully saturated rings. The van der Waals surface area contributed by atoms with Crippen LogP contribution in [0.2, 0.25) is 0 Å². The van der Waals surface area contributed by atoms with Gasteiger partial charge in [-0.3, -0.25) is 0 Å². The molecule has 0 amide bonds. The van der Waals surface area contributed by atoms with Crippen LogP contribution in [0, 0.1) is 3.57 Å². The van der Waals surface area contributed by atoms with E-state index in [1.165, 1.54) is 9.13 Å². The number of rotatable bonds is 7. The van der Waals surface area contributed by atoms with Gasteiger partial charge in [0.25, 0.3) is 0 Å². The van der Waals surface area contributed by atoms with Crippen molar-refractivity contribution in [3.8, 4) is 0 Å². The number of aliphatic hydroxyl groups excluding tert-OH is 1. The van der Waals surface area contributed by atoms with Gasteiger partial charge in [0.1, 0.15) is 0 Å². The molecular weight excluding hydrogens is 375 g/mol. The molecule has 0 bridgehead atoms. The summed E-state index contributed by atoms with van der Waals surface area (Å²) in [5, 5.41) is 13.4. The Hall–Kier alpha value is -0.950. The lowest BCUT2D eigenvalue weighted by atomic mass is 10.0. The number of aliphatic hydroxyl groups is 1. The quantitative estimate of drug-likeness (QED) is 0.630. The molecule has 2 rings (SSSR count). The minimum atomic E-state index is -0.548. The minimum Gasteiger partial charge on any atom is -0.390 e. The van der Waals surface area contributed by atoms with E-state index in [-0.39, 0.29) is 6.04 Å². The molecule has 0 aliphatic rings. The number of nitrogens with one attached hydrogen (secondary N) is 1. The number of hydrogen-bond donors (Lipinski definition) is 3. The summed E-state index contributed by atoms with van der Waals surface area (Å²) < 4.78 is 1.22. The third-order valence-electron chi connectivity index (χ3n) is 3.38. The third-order valence-corrected chi connectivity index (χ3v) is 4.05. The number of benzene rings is 2. The van der Waals surface area contributed by atoms with Crippen LogP contribution in [0.4, 0.5) is 0 Å². The van der Waals surface area contributed by atoms with Crippen LogP contribution in [0.5, 0.6) is 0 Å². The van der Waals surface area contributed by atoms with Crippen molar-refractivity contribution < 1.29 is 5.11 Å². The van der Waals surface area contributed by atoms with Crippen molar-refractivity contribution in [2.45, 2.75) is 25.1 Å². The van der Waals surface area contributed by atoms with Crippen LogP contribution in [0.15, 0.2) is 54.6 Å². The third kappa shape index (κ3) is 5.74. The van der Waals surface area contributed by atoms with Crippen LogP contribution in [-0.2, 0) is 13.0 Å². The summed E-state index contributed by atoms with van der Waals surface area (Å²) in [7, 11) is 0. The summed E-state index contributed by atoms with van der Waals surface area (Å²) in [4.78, 5) is 0. The highest BCUT2D eigenvalue weighted by Crippen LogP contribution is 2.08. The van der Waals surface area contributed by atoms with Gasteiger partial charge in [0.15, 0.2) is 0 Å².